The molecule has 11 heavy (non-hydrogen) atoms. The van der Waals surface area contributed by atoms with Gasteiger partial charge in [0.1, 0.15) is 5.76 Å². The van der Waals surface area contributed by atoms with Crippen molar-refractivity contribution in [1.29, 1.82) is 0 Å². The molecule has 0 saturated heterocycles. The average Bonchev–Trinajstić information content (AvgIpc) is 2.17. The van der Waals surface area contributed by atoms with Crippen LogP contribution in [0, 0.1) is 0 Å². The van der Waals surface area contributed by atoms with Crippen LogP contribution in [-0.2, 0) is 4.79 Å². The van der Waals surface area contributed by atoms with Crippen molar-refractivity contribution in [1.82, 2.24) is 0 Å². The lowest BCUT2D eigenvalue weighted by Crippen LogP contribution is -2.18. The normalized spacial score (nSPS) is 31.7. The van der Waals surface area contributed by atoms with Gasteiger partial charge in [-0.05, 0) is 20.3 Å². The Kier molecular flexibility index (Phi) is 2.01. The van der Waals surface area contributed by atoms with Crippen LogP contribution in [0.25, 0.3) is 0 Å². The molecule has 1 N–H and O–H groups in total. The molecule has 1 atom stereocenters. The molecule has 1 unspecified atom stereocenters. The molecule has 0 amide bonds. The van der Waals surface area contributed by atoms with E-state index in [1.54, 1.807) is 6.92 Å². The van der Waals surface area contributed by atoms with Crippen LogP contribution >= 0.6 is 11.8 Å². The van der Waals surface area contributed by atoms with Crippen molar-refractivity contribution in [3.05, 3.63) is 11.3 Å². The van der Waals surface area contributed by atoms with Gasteiger partial charge in [0, 0.05) is 5.57 Å². The van der Waals surface area contributed by atoms with Crippen molar-refractivity contribution in [2.75, 3.05) is 0 Å². The molecule has 0 radical (unpaired) electrons. The summed E-state index contributed by atoms with van der Waals surface area (Å²) in [4.78, 5) is 11.1. The van der Waals surface area contributed by atoms with Crippen molar-refractivity contribution < 1.29 is 9.90 Å². The van der Waals surface area contributed by atoms with E-state index in [0.717, 1.165) is 6.42 Å². The second-order valence-corrected chi connectivity index (χ2v) is 4.42. The maximum atomic E-state index is 11.1. The Bertz CT molecular complexity index is 232. The van der Waals surface area contributed by atoms with Gasteiger partial charge in [-0.2, -0.15) is 0 Å². The Balaban J connectivity index is 3.03. The van der Waals surface area contributed by atoms with E-state index in [4.69, 9.17) is 0 Å². The first-order chi connectivity index (χ1) is 5.01. The first-order valence-corrected chi connectivity index (χ1v) is 4.46. The summed E-state index contributed by atoms with van der Waals surface area (Å²) in [5, 5.41) is 9.53. The molecular formula is C8H12O2S. The first-order valence-electron chi connectivity index (χ1n) is 3.65. The Hall–Kier alpha value is -0.440. The van der Waals surface area contributed by atoms with Crippen molar-refractivity contribution in [2.24, 2.45) is 0 Å². The van der Waals surface area contributed by atoms with Gasteiger partial charge in [0.15, 0.2) is 0 Å². The molecule has 1 rings (SSSR count). The smallest absolute Gasteiger partial charge is 0.219 e. The van der Waals surface area contributed by atoms with E-state index in [-0.39, 0.29) is 15.6 Å². The zero-order valence-corrected chi connectivity index (χ0v) is 7.79. The third-order valence-corrected chi connectivity index (χ3v) is 3.58. The molecule has 0 fully saturated rings. The maximum absolute atomic E-state index is 11.1. The van der Waals surface area contributed by atoms with Gasteiger partial charge in [0.25, 0.3) is 0 Å². The molecule has 2 nitrogen and oxygen atoms in total. The van der Waals surface area contributed by atoms with Crippen LogP contribution in [0.2, 0.25) is 0 Å². The molecule has 0 bridgehead atoms. The van der Waals surface area contributed by atoms with E-state index in [1.807, 2.05) is 13.8 Å². The summed E-state index contributed by atoms with van der Waals surface area (Å²) >= 11 is 1.22. The third kappa shape index (κ3) is 1.18. The van der Waals surface area contributed by atoms with E-state index >= 15 is 0 Å². The highest BCUT2D eigenvalue weighted by Crippen LogP contribution is 2.43. The zero-order valence-electron chi connectivity index (χ0n) is 6.97. The third-order valence-electron chi connectivity index (χ3n) is 2.15. The Morgan fingerprint density at radius 1 is 1.64 bits per heavy atom. The highest BCUT2D eigenvalue weighted by molar-refractivity contribution is 8.15. The van der Waals surface area contributed by atoms with Crippen LogP contribution in [0.4, 0.5) is 0 Å². The Labute approximate surface area is 70.7 Å². The Morgan fingerprint density at radius 3 is 2.36 bits per heavy atom. The quantitative estimate of drug-likeness (QED) is 0.659. The minimum Gasteiger partial charge on any atom is -0.510 e. The maximum Gasteiger partial charge on any atom is 0.219 e. The number of aliphatic hydroxyl groups is 1. The van der Waals surface area contributed by atoms with Crippen molar-refractivity contribution >= 4 is 16.9 Å². The summed E-state index contributed by atoms with van der Waals surface area (Å²) in [7, 11) is 0. The van der Waals surface area contributed by atoms with Crippen molar-refractivity contribution in [3.8, 4) is 0 Å². The average molecular weight is 172 g/mol. The molecule has 1 heterocycles. The van der Waals surface area contributed by atoms with Gasteiger partial charge in [-0.3, -0.25) is 4.79 Å². The lowest BCUT2D eigenvalue weighted by Gasteiger charge is -2.19. The number of carbonyl (C=O) groups is 1. The predicted octanol–water partition coefficient (Wildman–Crippen LogP) is 2.26. The molecule has 1 aliphatic rings. The van der Waals surface area contributed by atoms with Crippen LogP contribution in [0.3, 0.4) is 0 Å². The second kappa shape index (κ2) is 2.55. The highest BCUT2D eigenvalue weighted by atomic mass is 32.2. The van der Waals surface area contributed by atoms with E-state index in [2.05, 4.69) is 0 Å². The number of carbonyl (C=O) groups excluding carboxylic acids is 1. The zero-order chi connectivity index (χ0) is 8.65. The molecule has 0 aromatic rings. The minimum atomic E-state index is -0.360. The molecule has 0 spiro atoms. The summed E-state index contributed by atoms with van der Waals surface area (Å²) in [6, 6.07) is 0. The van der Waals surface area contributed by atoms with Gasteiger partial charge in [-0.15, -0.1) is 0 Å². The fraction of sp³-hybridized carbons (Fsp3) is 0.625. The van der Waals surface area contributed by atoms with Crippen LogP contribution < -0.4 is 0 Å². The first kappa shape index (κ1) is 8.65. The molecule has 0 aliphatic carbocycles. The number of thioether (sulfide) groups is 1. The van der Waals surface area contributed by atoms with Gasteiger partial charge in [0.05, 0.1) is 4.75 Å². The van der Waals surface area contributed by atoms with Crippen molar-refractivity contribution in [2.45, 2.75) is 31.9 Å². The highest BCUT2D eigenvalue weighted by Gasteiger charge is 2.40. The van der Waals surface area contributed by atoms with Crippen LogP contribution in [0.1, 0.15) is 27.2 Å². The lowest BCUT2D eigenvalue weighted by atomic mass is 10.0. The molecule has 62 valence electrons. The summed E-state index contributed by atoms with van der Waals surface area (Å²) in [5.74, 6) is 0.259. The van der Waals surface area contributed by atoms with E-state index in [0.29, 0.717) is 5.57 Å². The van der Waals surface area contributed by atoms with Gasteiger partial charge < -0.3 is 5.11 Å². The van der Waals surface area contributed by atoms with Crippen molar-refractivity contribution in [3.63, 3.8) is 0 Å². The summed E-state index contributed by atoms with van der Waals surface area (Å²) in [5.41, 5.74) is 0.513. The molecule has 0 aromatic heterocycles. The van der Waals surface area contributed by atoms with E-state index in [9.17, 15) is 9.90 Å². The number of rotatable bonds is 1. The molecule has 0 aromatic carbocycles. The lowest BCUT2D eigenvalue weighted by molar-refractivity contribution is -0.107. The van der Waals surface area contributed by atoms with Crippen LogP contribution in [0.15, 0.2) is 11.3 Å². The molecule has 0 saturated carbocycles. The number of hydrogen-bond acceptors (Lipinski definition) is 3. The molecular weight excluding hydrogens is 160 g/mol. The van der Waals surface area contributed by atoms with E-state index < -0.39 is 0 Å². The van der Waals surface area contributed by atoms with Gasteiger partial charge in [0.2, 0.25) is 5.12 Å². The molecule has 1 aliphatic heterocycles. The topological polar surface area (TPSA) is 37.3 Å². The van der Waals surface area contributed by atoms with Gasteiger partial charge in [-0.1, -0.05) is 18.7 Å². The second-order valence-electron chi connectivity index (χ2n) is 2.95. The standard InChI is InChI=1S/C8H12O2S/c1-4-8(3)6(9)5(2)7(10)11-8/h9H,4H2,1-3H3. The minimum absolute atomic E-state index is 0.00634. The Morgan fingerprint density at radius 2 is 2.18 bits per heavy atom. The fourth-order valence-corrected chi connectivity index (χ4v) is 2.12. The SMILES string of the molecule is CCC1(C)SC(=O)C(C)=C1O. The van der Waals surface area contributed by atoms with Gasteiger partial charge >= 0.3 is 0 Å². The van der Waals surface area contributed by atoms with Crippen LogP contribution in [-0.4, -0.2) is 15.0 Å². The summed E-state index contributed by atoms with van der Waals surface area (Å²) < 4.78 is -0.360. The molecule has 3 heteroatoms. The van der Waals surface area contributed by atoms with Crippen LogP contribution in [0.5, 0.6) is 0 Å². The summed E-state index contributed by atoms with van der Waals surface area (Å²) in [6.07, 6.45) is 0.784. The van der Waals surface area contributed by atoms with Gasteiger partial charge in [-0.25, -0.2) is 0 Å². The largest absolute Gasteiger partial charge is 0.510 e. The number of aliphatic hydroxyl groups excluding tert-OH is 1. The fourth-order valence-electron chi connectivity index (χ4n) is 1.06. The monoisotopic (exact) mass is 172 g/mol. The van der Waals surface area contributed by atoms with E-state index in [1.165, 1.54) is 11.8 Å². The summed E-state index contributed by atoms with van der Waals surface area (Å²) in [6.45, 7) is 5.53. The number of hydrogen-bond donors (Lipinski definition) is 1. The predicted molar refractivity (Wildman–Crippen MR) is 46.6 cm³/mol.